The van der Waals surface area contributed by atoms with Crippen molar-refractivity contribution in [2.45, 2.75) is 77.4 Å². The van der Waals surface area contributed by atoms with E-state index in [1.54, 1.807) is 6.92 Å². The van der Waals surface area contributed by atoms with E-state index in [9.17, 15) is 15.0 Å². The molecule has 0 unspecified atom stereocenters. The van der Waals surface area contributed by atoms with Crippen molar-refractivity contribution in [1.82, 2.24) is 0 Å². The number of carbonyl (C=O) groups is 1. The average molecular weight is 260 g/mol. The number of carbonyl (C=O) groups excluding carboxylic acids is 1. The first-order valence-electron chi connectivity index (χ1n) is 7.16. The molecule has 0 amide bonds. The molecule has 4 nitrogen and oxygen atoms in total. The molecule has 0 aromatic heterocycles. The molecule has 0 aliphatic heterocycles. The van der Waals surface area contributed by atoms with Crippen LogP contribution in [0.2, 0.25) is 0 Å². The van der Waals surface area contributed by atoms with Gasteiger partial charge in [0, 0.05) is 0 Å². The second kappa shape index (κ2) is 11.5. The Balaban J connectivity index is 3.51. The van der Waals surface area contributed by atoms with Crippen LogP contribution in [0, 0.1) is 0 Å². The van der Waals surface area contributed by atoms with E-state index < -0.39 is 18.2 Å². The van der Waals surface area contributed by atoms with Crippen LogP contribution in [0.5, 0.6) is 0 Å². The van der Waals surface area contributed by atoms with Crippen LogP contribution in [0.25, 0.3) is 0 Å². The summed E-state index contributed by atoms with van der Waals surface area (Å²) in [4.78, 5) is 11.2. The SMILES string of the molecule is CCCCCCCCC[C@@H](O)[C@H](O)C(=O)OCC. The van der Waals surface area contributed by atoms with Gasteiger partial charge in [0.1, 0.15) is 0 Å². The molecule has 0 rings (SSSR count). The molecule has 0 aliphatic carbocycles. The molecule has 0 saturated carbocycles. The Morgan fingerprint density at radius 3 is 2.11 bits per heavy atom. The van der Waals surface area contributed by atoms with E-state index in [2.05, 4.69) is 11.7 Å². The van der Waals surface area contributed by atoms with Gasteiger partial charge in [-0.2, -0.15) is 0 Å². The van der Waals surface area contributed by atoms with Crippen molar-refractivity contribution >= 4 is 5.97 Å². The van der Waals surface area contributed by atoms with Gasteiger partial charge in [-0.1, -0.05) is 51.9 Å². The molecule has 0 fully saturated rings. The van der Waals surface area contributed by atoms with Gasteiger partial charge in [-0.3, -0.25) is 0 Å². The molecule has 0 heterocycles. The van der Waals surface area contributed by atoms with Gasteiger partial charge < -0.3 is 14.9 Å². The summed E-state index contributed by atoms with van der Waals surface area (Å²) in [7, 11) is 0. The number of hydrogen-bond donors (Lipinski definition) is 2. The maximum Gasteiger partial charge on any atom is 0.337 e. The first-order valence-corrected chi connectivity index (χ1v) is 7.16. The van der Waals surface area contributed by atoms with Crippen molar-refractivity contribution in [3.8, 4) is 0 Å². The van der Waals surface area contributed by atoms with Crippen molar-refractivity contribution in [2.75, 3.05) is 6.61 Å². The Kier molecular flexibility index (Phi) is 11.1. The molecular formula is C14H28O4. The maximum atomic E-state index is 11.2. The van der Waals surface area contributed by atoms with Crippen LogP contribution in [0.4, 0.5) is 0 Å². The molecule has 0 radical (unpaired) electrons. The first-order chi connectivity index (χ1) is 8.63. The number of ether oxygens (including phenoxy) is 1. The first kappa shape index (κ1) is 17.4. The second-order valence-electron chi connectivity index (χ2n) is 4.67. The number of hydrogen-bond acceptors (Lipinski definition) is 4. The number of esters is 1. The topological polar surface area (TPSA) is 66.8 Å². The second-order valence-corrected chi connectivity index (χ2v) is 4.67. The molecule has 0 saturated heterocycles. The van der Waals surface area contributed by atoms with Gasteiger partial charge in [-0.15, -0.1) is 0 Å². The third-order valence-electron chi connectivity index (χ3n) is 3.00. The highest BCUT2D eigenvalue weighted by molar-refractivity contribution is 5.75. The Labute approximate surface area is 110 Å². The minimum absolute atomic E-state index is 0.222. The quantitative estimate of drug-likeness (QED) is 0.442. The Morgan fingerprint density at radius 2 is 1.56 bits per heavy atom. The molecule has 0 aromatic rings. The minimum atomic E-state index is -1.40. The summed E-state index contributed by atoms with van der Waals surface area (Å²) in [6.45, 7) is 4.08. The smallest absolute Gasteiger partial charge is 0.337 e. The maximum absolute atomic E-state index is 11.2. The zero-order valence-electron chi connectivity index (χ0n) is 11.7. The molecule has 18 heavy (non-hydrogen) atoms. The average Bonchev–Trinajstić information content (AvgIpc) is 2.36. The number of unbranched alkanes of at least 4 members (excludes halogenated alkanes) is 6. The van der Waals surface area contributed by atoms with Gasteiger partial charge in [-0.05, 0) is 13.3 Å². The molecule has 2 N–H and O–H groups in total. The normalized spacial score (nSPS) is 14.2. The van der Waals surface area contributed by atoms with E-state index in [0.717, 1.165) is 19.3 Å². The highest BCUT2D eigenvalue weighted by Gasteiger charge is 2.24. The largest absolute Gasteiger partial charge is 0.464 e. The fraction of sp³-hybridized carbons (Fsp3) is 0.929. The molecule has 0 bridgehead atoms. The van der Waals surface area contributed by atoms with Gasteiger partial charge in [-0.25, -0.2) is 4.79 Å². The molecule has 0 aliphatic rings. The summed E-state index contributed by atoms with van der Waals surface area (Å²) in [6.07, 6.45) is 6.10. The molecule has 4 heteroatoms. The van der Waals surface area contributed by atoms with Gasteiger partial charge in [0.05, 0.1) is 12.7 Å². The molecular weight excluding hydrogens is 232 g/mol. The van der Waals surface area contributed by atoms with Crippen LogP contribution >= 0.6 is 0 Å². The summed E-state index contributed by atoms with van der Waals surface area (Å²) in [5, 5.41) is 19.1. The monoisotopic (exact) mass is 260 g/mol. The predicted octanol–water partition coefficient (Wildman–Crippen LogP) is 2.41. The van der Waals surface area contributed by atoms with Crippen molar-refractivity contribution in [2.24, 2.45) is 0 Å². The zero-order valence-corrected chi connectivity index (χ0v) is 11.7. The van der Waals surface area contributed by atoms with Gasteiger partial charge >= 0.3 is 5.97 Å². The summed E-state index contributed by atoms with van der Waals surface area (Å²) < 4.78 is 4.65. The lowest BCUT2D eigenvalue weighted by Crippen LogP contribution is -2.35. The molecule has 108 valence electrons. The molecule has 0 aromatic carbocycles. The summed E-state index contributed by atoms with van der Waals surface area (Å²) >= 11 is 0. The van der Waals surface area contributed by atoms with Crippen LogP contribution in [0.15, 0.2) is 0 Å². The van der Waals surface area contributed by atoms with E-state index in [0.29, 0.717) is 6.42 Å². The fourth-order valence-corrected chi connectivity index (χ4v) is 1.85. The van der Waals surface area contributed by atoms with E-state index in [1.807, 2.05) is 0 Å². The van der Waals surface area contributed by atoms with Crippen molar-refractivity contribution in [1.29, 1.82) is 0 Å². The third-order valence-corrected chi connectivity index (χ3v) is 3.00. The standard InChI is InChI=1S/C14H28O4/c1-3-5-6-7-8-9-10-11-12(15)13(16)14(17)18-4-2/h12-13,15-16H,3-11H2,1-2H3/t12-,13+/m1/s1. The Bertz CT molecular complexity index is 206. The number of aliphatic hydroxyl groups excluding tert-OH is 2. The Morgan fingerprint density at radius 1 is 1.00 bits per heavy atom. The van der Waals surface area contributed by atoms with Crippen molar-refractivity contribution in [3.63, 3.8) is 0 Å². The van der Waals surface area contributed by atoms with E-state index in [1.165, 1.54) is 25.7 Å². The fourth-order valence-electron chi connectivity index (χ4n) is 1.85. The van der Waals surface area contributed by atoms with Crippen LogP contribution in [0.3, 0.4) is 0 Å². The van der Waals surface area contributed by atoms with Crippen LogP contribution in [0.1, 0.15) is 65.2 Å². The summed E-state index contributed by atoms with van der Waals surface area (Å²) in [5.41, 5.74) is 0. The van der Waals surface area contributed by atoms with Crippen LogP contribution in [-0.4, -0.2) is 35.0 Å². The van der Waals surface area contributed by atoms with Gasteiger partial charge in [0.15, 0.2) is 6.10 Å². The molecule has 0 spiro atoms. The third kappa shape index (κ3) is 8.48. The lowest BCUT2D eigenvalue weighted by atomic mass is 10.0. The highest BCUT2D eigenvalue weighted by Crippen LogP contribution is 2.11. The van der Waals surface area contributed by atoms with Crippen molar-refractivity contribution < 1.29 is 19.7 Å². The summed E-state index contributed by atoms with van der Waals surface area (Å²) in [6, 6.07) is 0. The van der Waals surface area contributed by atoms with Gasteiger partial charge in [0.2, 0.25) is 0 Å². The molecule has 2 atom stereocenters. The lowest BCUT2D eigenvalue weighted by Gasteiger charge is -2.16. The van der Waals surface area contributed by atoms with Crippen molar-refractivity contribution in [3.05, 3.63) is 0 Å². The van der Waals surface area contributed by atoms with E-state index in [-0.39, 0.29) is 6.61 Å². The predicted molar refractivity (Wildman–Crippen MR) is 71.3 cm³/mol. The van der Waals surface area contributed by atoms with Gasteiger partial charge in [0.25, 0.3) is 0 Å². The van der Waals surface area contributed by atoms with Crippen LogP contribution in [-0.2, 0) is 9.53 Å². The Hall–Kier alpha value is -0.610. The van der Waals surface area contributed by atoms with E-state index >= 15 is 0 Å². The van der Waals surface area contributed by atoms with E-state index in [4.69, 9.17) is 0 Å². The number of aliphatic hydroxyl groups is 2. The lowest BCUT2D eigenvalue weighted by molar-refractivity contribution is -0.159. The number of rotatable bonds is 11. The zero-order chi connectivity index (χ0) is 13.8. The highest BCUT2D eigenvalue weighted by atomic mass is 16.5. The summed E-state index contributed by atoms with van der Waals surface area (Å²) in [5.74, 6) is -0.729. The van der Waals surface area contributed by atoms with Crippen LogP contribution < -0.4 is 0 Å². The minimum Gasteiger partial charge on any atom is -0.464 e.